The fourth-order valence-corrected chi connectivity index (χ4v) is 4.29. The molecule has 0 unspecified atom stereocenters. The van der Waals surface area contributed by atoms with Crippen molar-refractivity contribution >= 4 is 0 Å². The van der Waals surface area contributed by atoms with Gasteiger partial charge in [-0.3, -0.25) is 0 Å². The van der Waals surface area contributed by atoms with Crippen molar-refractivity contribution in [3.8, 4) is 11.5 Å². The van der Waals surface area contributed by atoms with Gasteiger partial charge in [-0.1, -0.05) is 30.3 Å². The van der Waals surface area contributed by atoms with Crippen LogP contribution in [-0.4, -0.2) is 50.0 Å². The van der Waals surface area contributed by atoms with E-state index in [4.69, 9.17) is 9.47 Å². The first-order valence-electron chi connectivity index (χ1n) is 10.7. The molecule has 2 aromatic carbocycles. The van der Waals surface area contributed by atoms with Crippen molar-refractivity contribution in [2.24, 2.45) is 0 Å². The van der Waals surface area contributed by atoms with Gasteiger partial charge in [0.05, 0.1) is 19.8 Å². The van der Waals surface area contributed by atoms with Gasteiger partial charge >= 0.3 is 0 Å². The molecule has 0 radical (unpaired) electrons. The molecular formula is C25H35NO3. The van der Waals surface area contributed by atoms with E-state index in [9.17, 15) is 5.11 Å². The third-order valence-corrected chi connectivity index (χ3v) is 6.23. The number of likely N-dealkylation sites (N-methyl/N-ethyl adjacent to an activating group) is 1. The van der Waals surface area contributed by atoms with Crippen molar-refractivity contribution in [3.63, 3.8) is 0 Å². The Morgan fingerprint density at radius 1 is 0.931 bits per heavy atom. The summed E-state index contributed by atoms with van der Waals surface area (Å²) < 4.78 is 10.9. The van der Waals surface area contributed by atoms with Crippen LogP contribution >= 0.6 is 0 Å². The number of benzene rings is 2. The number of fused-ring (bicyclic) bond motifs is 1. The van der Waals surface area contributed by atoms with Crippen LogP contribution in [0.5, 0.6) is 11.5 Å². The van der Waals surface area contributed by atoms with Crippen LogP contribution in [0.15, 0.2) is 42.5 Å². The fraction of sp³-hybridized carbons (Fsp3) is 0.520. The minimum atomic E-state index is -0.584. The monoisotopic (exact) mass is 397 g/mol. The molecule has 4 heteroatoms. The highest BCUT2D eigenvalue weighted by Gasteiger charge is 2.30. The van der Waals surface area contributed by atoms with Crippen LogP contribution in [0.4, 0.5) is 0 Å². The van der Waals surface area contributed by atoms with Gasteiger partial charge in [-0.25, -0.2) is 0 Å². The zero-order chi connectivity index (χ0) is 20.7. The van der Waals surface area contributed by atoms with Crippen molar-refractivity contribution in [2.45, 2.75) is 50.5 Å². The van der Waals surface area contributed by atoms with Gasteiger partial charge in [0, 0.05) is 6.54 Å². The van der Waals surface area contributed by atoms with Gasteiger partial charge in [0.15, 0.2) is 11.5 Å². The Labute approximate surface area is 175 Å². The van der Waals surface area contributed by atoms with Crippen molar-refractivity contribution in [1.82, 2.24) is 4.90 Å². The summed E-state index contributed by atoms with van der Waals surface area (Å²) >= 11 is 0. The van der Waals surface area contributed by atoms with E-state index in [-0.39, 0.29) is 0 Å². The van der Waals surface area contributed by atoms with Crippen molar-refractivity contribution < 1.29 is 14.6 Å². The molecule has 4 nitrogen and oxygen atoms in total. The van der Waals surface area contributed by atoms with Crippen LogP contribution in [0.1, 0.15) is 42.4 Å². The van der Waals surface area contributed by atoms with Crippen molar-refractivity contribution in [3.05, 3.63) is 59.2 Å². The van der Waals surface area contributed by atoms with Crippen LogP contribution in [0, 0.1) is 0 Å². The first kappa shape index (κ1) is 21.7. The average molecular weight is 398 g/mol. The zero-order valence-electron chi connectivity index (χ0n) is 18.1. The summed E-state index contributed by atoms with van der Waals surface area (Å²) in [4.78, 5) is 2.37. The summed E-state index contributed by atoms with van der Waals surface area (Å²) in [5.41, 5.74) is 3.35. The molecule has 2 aromatic rings. The Morgan fingerprint density at radius 2 is 1.52 bits per heavy atom. The van der Waals surface area contributed by atoms with Crippen molar-refractivity contribution in [2.75, 3.05) is 34.4 Å². The highest BCUT2D eigenvalue weighted by molar-refractivity contribution is 5.48. The second kappa shape index (κ2) is 10.1. The first-order chi connectivity index (χ1) is 14.0. The molecule has 0 atom stereocenters. The summed E-state index contributed by atoms with van der Waals surface area (Å²) in [6.45, 7) is 2.07. The molecule has 0 saturated heterocycles. The van der Waals surface area contributed by atoms with Crippen LogP contribution < -0.4 is 9.47 Å². The molecule has 0 spiro atoms. The van der Waals surface area contributed by atoms with Gasteiger partial charge in [0.1, 0.15) is 0 Å². The number of hydrogen-bond donors (Lipinski definition) is 1. The molecule has 0 aliphatic heterocycles. The molecule has 29 heavy (non-hydrogen) atoms. The van der Waals surface area contributed by atoms with E-state index in [0.29, 0.717) is 0 Å². The molecule has 1 N–H and O–H groups in total. The largest absolute Gasteiger partial charge is 0.493 e. The SMILES string of the molecule is COc1cc2c(cc1OC)CCC(O)(CCCN(C)CCc1ccccc1)CC2. The molecule has 158 valence electrons. The predicted octanol–water partition coefficient (Wildman–Crippen LogP) is 4.27. The van der Waals surface area contributed by atoms with Crippen LogP contribution in [-0.2, 0) is 19.3 Å². The Kier molecular flexibility index (Phi) is 7.57. The fourth-order valence-electron chi connectivity index (χ4n) is 4.29. The molecule has 0 bridgehead atoms. The van der Waals surface area contributed by atoms with Gasteiger partial charge in [-0.2, -0.15) is 0 Å². The first-order valence-corrected chi connectivity index (χ1v) is 10.7. The molecule has 0 saturated carbocycles. The number of aryl methyl sites for hydroxylation is 2. The third kappa shape index (κ3) is 5.97. The maximum Gasteiger partial charge on any atom is 0.161 e. The second-order valence-electron chi connectivity index (χ2n) is 8.34. The van der Waals surface area contributed by atoms with E-state index < -0.39 is 5.60 Å². The molecule has 1 aliphatic carbocycles. The quantitative estimate of drug-likeness (QED) is 0.642. The highest BCUT2D eigenvalue weighted by Crippen LogP contribution is 2.37. The van der Waals surface area contributed by atoms with Gasteiger partial charge in [0.25, 0.3) is 0 Å². The molecule has 0 fully saturated rings. The van der Waals surface area contributed by atoms with E-state index in [0.717, 1.165) is 69.5 Å². The summed E-state index contributed by atoms with van der Waals surface area (Å²) in [7, 11) is 5.52. The maximum atomic E-state index is 11.2. The van der Waals surface area contributed by atoms with E-state index in [1.807, 2.05) is 0 Å². The minimum Gasteiger partial charge on any atom is -0.493 e. The number of rotatable bonds is 9. The van der Waals surface area contributed by atoms with Crippen LogP contribution in [0.3, 0.4) is 0 Å². The minimum absolute atomic E-state index is 0.584. The smallest absolute Gasteiger partial charge is 0.161 e. The third-order valence-electron chi connectivity index (χ3n) is 6.23. The number of hydrogen-bond acceptors (Lipinski definition) is 4. The Morgan fingerprint density at radius 3 is 2.07 bits per heavy atom. The lowest BCUT2D eigenvalue weighted by Crippen LogP contribution is -2.31. The lowest BCUT2D eigenvalue weighted by atomic mass is 9.89. The summed E-state index contributed by atoms with van der Waals surface area (Å²) in [5.74, 6) is 1.55. The molecule has 0 heterocycles. The Balaban J connectivity index is 1.48. The Bertz CT molecular complexity index is 740. The molecule has 1 aliphatic rings. The summed E-state index contributed by atoms with van der Waals surface area (Å²) in [6, 6.07) is 14.8. The maximum absolute atomic E-state index is 11.2. The number of aliphatic hydroxyl groups is 1. The summed E-state index contributed by atoms with van der Waals surface area (Å²) in [5, 5.41) is 11.2. The molecule has 0 amide bonds. The Hall–Kier alpha value is -2.04. The molecule has 0 aromatic heterocycles. The normalized spacial score (nSPS) is 15.6. The van der Waals surface area contributed by atoms with Crippen LogP contribution in [0.2, 0.25) is 0 Å². The lowest BCUT2D eigenvalue weighted by molar-refractivity contribution is 0.0135. The average Bonchev–Trinajstić information content (AvgIpc) is 2.91. The number of nitrogens with zero attached hydrogens (tertiary/aromatic N) is 1. The molecular weight excluding hydrogens is 362 g/mol. The van der Waals surface area contributed by atoms with Gasteiger partial charge in [-0.15, -0.1) is 0 Å². The zero-order valence-corrected chi connectivity index (χ0v) is 18.1. The standard InChI is InChI=1S/C25H35NO3/c1-26(17-12-20-8-5-4-6-9-20)16-7-13-25(27)14-10-21-18-23(28-2)24(29-3)19-22(21)11-15-25/h4-6,8-9,18-19,27H,7,10-17H2,1-3H3. The van der Waals surface area contributed by atoms with Gasteiger partial charge in [-0.05, 0) is 87.4 Å². The number of ether oxygens (including phenoxy) is 2. The van der Waals surface area contributed by atoms with E-state index in [1.54, 1.807) is 14.2 Å². The van der Waals surface area contributed by atoms with E-state index in [1.165, 1.54) is 16.7 Å². The van der Waals surface area contributed by atoms with Crippen LogP contribution in [0.25, 0.3) is 0 Å². The predicted molar refractivity (Wildman–Crippen MR) is 118 cm³/mol. The molecule has 3 rings (SSSR count). The van der Waals surface area contributed by atoms with Crippen molar-refractivity contribution in [1.29, 1.82) is 0 Å². The van der Waals surface area contributed by atoms with Gasteiger partial charge in [0.2, 0.25) is 0 Å². The summed E-state index contributed by atoms with van der Waals surface area (Å²) in [6.07, 6.45) is 6.33. The number of methoxy groups -OCH3 is 2. The second-order valence-corrected chi connectivity index (χ2v) is 8.34. The van der Waals surface area contributed by atoms with E-state index >= 15 is 0 Å². The van der Waals surface area contributed by atoms with E-state index in [2.05, 4.69) is 54.4 Å². The lowest BCUT2D eigenvalue weighted by Gasteiger charge is -2.27. The van der Waals surface area contributed by atoms with Gasteiger partial charge < -0.3 is 19.5 Å². The topological polar surface area (TPSA) is 41.9 Å². The highest BCUT2D eigenvalue weighted by atomic mass is 16.5.